The summed E-state index contributed by atoms with van der Waals surface area (Å²) in [5, 5.41) is 3.39. The molecule has 0 aromatic heterocycles. The smallest absolute Gasteiger partial charge is 0.377 e. The molecule has 28 heavy (non-hydrogen) atoms. The lowest BCUT2D eigenvalue weighted by atomic mass is 10.1. The van der Waals surface area contributed by atoms with Gasteiger partial charge in [-0.05, 0) is 65.7 Å². The van der Waals surface area contributed by atoms with E-state index in [2.05, 4.69) is 5.32 Å². The number of rotatable bonds is 18. The highest BCUT2D eigenvalue weighted by atomic mass is 28.4. The fourth-order valence-electron chi connectivity index (χ4n) is 2.38. The Labute approximate surface area is 175 Å². The lowest BCUT2D eigenvalue weighted by Crippen LogP contribution is -2.43. The minimum Gasteiger partial charge on any atom is -0.377 e. The first kappa shape index (κ1) is 30.3. The third-order valence-electron chi connectivity index (χ3n) is 4.02. The van der Waals surface area contributed by atoms with E-state index in [4.69, 9.17) is 38.0 Å². The maximum Gasteiger partial charge on any atom is 0.500 e. The molecule has 0 aliphatic rings. The van der Waals surface area contributed by atoms with Gasteiger partial charge < -0.3 is 43.3 Å². The van der Waals surface area contributed by atoms with Crippen molar-refractivity contribution in [2.45, 2.75) is 39.7 Å². The summed E-state index contributed by atoms with van der Waals surface area (Å²) in [6.07, 6.45) is 1.93. The highest BCUT2D eigenvalue weighted by Gasteiger charge is 2.36. The second-order valence-electron chi connectivity index (χ2n) is 5.94. The molecule has 0 aromatic rings. The minimum absolute atomic E-state index is 0.462. The standard InChI is InChI=1S/C11H29N3O3Si.C6H16O3Si/c1-15-18(16-2,17-3)8-4-7-14-10-11(9-13)5-6-12;1-4-7-10(8-5-2)9-6-3/h11,14H,4-10,12-13H2,1-3H3;10H,4-6H2,1-3H3. The predicted octanol–water partition coefficient (Wildman–Crippen LogP) is 0.581. The first-order chi connectivity index (χ1) is 13.5. The molecule has 0 saturated carbocycles. The molecule has 0 spiro atoms. The topological polar surface area (TPSA) is 119 Å². The van der Waals surface area contributed by atoms with Crippen molar-refractivity contribution in [3.8, 4) is 0 Å². The van der Waals surface area contributed by atoms with Crippen LogP contribution in [0.1, 0.15) is 33.6 Å². The van der Waals surface area contributed by atoms with Crippen molar-refractivity contribution in [3.63, 3.8) is 0 Å². The third kappa shape index (κ3) is 15.9. The monoisotopic (exact) mass is 443 g/mol. The lowest BCUT2D eigenvalue weighted by molar-refractivity contribution is 0.107. The van der Waals surface area contributed by atoms with Gasteiger partial charge in [-0.2, -0.15) is 0 Å². The van der Waals surface area contributed by atoms with Gasteiger partial charge >= 0.3 is 18.3 Å². The molecule has 0 saturated heterocycles. The average Bonchev–Trinajstić information content (AvgIpc) is 2.71. The summed E-state index contributed by atoms with van der Waals surface area (Å²) in [4.78, 5) is 0. The number of nitrogens with two attached hydrogens (primary N) is 2. The van der Waals surface area contributed by atoms with Gasteiger partial charge in [0.05, 0.1) is 0 Å². The van der Waals surface area contributed by atoms with E-state index in [1.54, 1.807) is 21.3 Å². The zero-order chi connectivity index (χ0) is 21.7. The molecular weight excluding hydrogens is 398 g/mol. The molecule has 0 aliphatic heterocycles. The van der Waals surface area contributed by atoms with E-state index >= 15 is 0 Å². The molecule has 9 nitrogen and oxygen atoms in total. The molecule has 0 bridgehead atoms. The van der Waals surface area contributed by atoms with Gasteiger partial charge in [0.1, 0.15) is 0 Å². The average molecular weight is 444 g/mol. The molecule has 5 N–H and O–H groups in total. The van der Waals surface area contributed by atoms with Gasteiger partial charge in [-0.1, -0.05) is 0 Å². The van der Waals surface area contributed by atoms with Gasteiger partial charge in [-0.15, -0.1) is 0 Å². The van der Waals surface area contributed by atoms with E-state index in [1.165, 1.54) is 0 Å². The Bertz CT molecular complexity index is 296. The Morgan fingerprint density at radius 1 is 0.893 bits per heavy atom. The van der Waals surface area contributed by atoms with Crippen LogP contribution in [-0.4, -0.2) is 85.7 Å². The van der Waals surface area contributed by atoms with Crippen molar-refractivity contribution in [2.24, 2.45) is 17.4 Å². The molecule has 11 heteroatoms. The van der Waals surface area contributed by atoms with Crippen LogP contribution in [-0.2, 0) is 26.6 Å². The Hall–Kier alpha value is 0.0738. The van der Waals surface area contributed by atoms with Crippen LogP contribution in [0.2, 0.25) is 6.04 Å². The van der Waals surface area contributed by atoms with E-state index in [0.29, 0.717) is 38.8 Å². The first-order valence-corrected chi connectivity index (χ1v) is 13.5. The SMILES string of the molecule is CCO[SiH](OCC)OCC.CO[Si](CCCNCC(CN)CCN)(OC)OC. The summed E-state index contributed by atoms with van der Waals surface area (Å²) in [5.74, 6) is 0.462. The molecule has 0 aromatic carbocycles. The van der Waals surface area contributed by atoms with Crippen LogP contribution in [0.4, 0.5) is 0 Å². The van der Waals surface area contributed by atoms with E-state index in [0.717, 1.165) is 32.0 Å². The molecule has 0 fully saturated rings. The fraction of sp³-hybridized carbons (Fsp3) is 1.00. The summed E-state index contributed by atoms with van der Waals surface area (Å²) in [6.45, 7) is 11.0. The van der Waals surface area contributed by atoms with Crippen molar-refractivity contribution in [1.29, 1.82) is 0 Å². The van der Waals surface area contributed by atoms with Crippen molar-refractivity contribution in [2.75, 3.05) is 67.3 Å². The van der Waals surface area contributed by atoms with Crippen LogP contribution in [0.15, 0.2) is 0 Å². The van der Waals surface area contributed by atoms with Gasteiger partial charge in [-0.25, -0.2) is 0 Å². The maximum absolute atomic E-state index is 5.66. The molecule has 172 valence electrons. The Morgan fingerprint density at radius 3 is 1.75 bits per heavy atom. The molecule has 0 heterocycles. The molecule has 1 unspecified atom stereocenters. The van der Waals surface area contributed by atoms with Crippen LogP contribution in [0, 0.1) is 5.92 Å². The molecule has 0 amide bonds. The minimum atomic E-state index is -2.40. The van der Waals surface area contributed by atoms with Crippen molar-refractivity contribution in [3.05, 3.63) is 0 Å². The molecule has 1 atom stereocenters. The summed E-state index contributed by atoms with van der Waals surface area (Å²) < 4.78 is 31.7. The first-order valence-electron chi connectivity index (χ1n) is 10.1. The van der Waals surface area contributed by atoms with E-state index in [-0.39, 0.29) is 0 Å². The quantitative estimate of drug-likeness (QED) is 0.206. The van der Waals surface area contributed by atoms with Crippen LogP contribution in [0.25, 0.3) is 0 Å². The summed E-state index contributed by atoms with van der Waals surface area (Å²) >= 11 is 0. The highest BCUT2D eigenvalue weighted by molar-refractivity contribution is 6.60. The fourth-order valence-corrected chi connectivity index (χ4v) is 5.21. The van der Waals surface area contributed by atoms with Crippen molar-refractivity contribution < 1.29 is 26.6 Å². The lowest BCUT2D eigenvalue weighted by Gasteiger charge is -2.24. The summed E-state index contributed by atoms with van der Waals surface area (Å²) in [6, 6.07) is 0.813. The molecule has 0 rings (SSSR count). The highest BCUT2D eigenvalue weighted by Crippen LogP contribution is 2.14. The number of hydrogen-bond acceptors (Lipinski definition) is 9. The Kier molecular flexibility index (Phi) is 23.5. The van der Waals surface area contributed by atoms with E-state index < -0.39 is 18.3 Å². The zero-order valence-electron chi connectivity index (χ0n) is 18.8. The Morgan fingerprint density at radius 2 is 1.39 bits per heavy atom. The normalized spacial score (nSPS) is 12.8. The van der Waals surface area contributed by atoms with Crippen molar-refractivity contribution in [1.82, 2.24) is 5.32 Å². The zero-order valence-corrected chi connectivity index (χ0v) is 21.0. The van der Waals surface area contributed by atoms with Gasteiger partial charge in [0.25, 0.3) is 0 Å². The van der Waals surface area contributed by atoms with Crippen molar-refractivity contribution >= 4 is 18.3 Å². The van der Waals surface area contributed by atoms with Gasteiger partial charge in [0.2, 0.25) is 0 Å². The maximum atomic E-state index is 5.66. The molecular formula is C17H45N3O6Si2. The van der Waals surface area contributed by atoms with Crippen LogP contribution >= 0.6 is 0 Å². The summed E-state index contributed by atoms with van der Waals surface area (Å²) in [7, 11) is 0.775. The molecule has 0 aliphatic carbocycles. The van der Waals surface area contributed by atoms with Gasteiger partial charge in [0, 0.05) is 47.2 Å². The van der Waals surface area contributed by atoms with E-state index in [9.17, 15) is 0 Å². The summed E-state index contributed by atoms with van der Waals surface area (Å²) in [5.41, 5.74) is 11.2. The predicted molar refractivity (Wildman–Crippen MR) is 117 cm³/mol. The Balaban J connectivity index is 0. The van der Waals surface area contributed by atoms with Gasteiger partial charge in [0.15, 0.2) is 0 Å². The van der Waals surface area contributed by atoms with E-state index in [1.807, 2.05) is 20.8 Å². The molecule has 0 radical (unpaired) electrons. The third-order valence-corrected chi connectivity index (χ3v) is 8.67. The second kappa shape index (κ2) is 21.8. The number of nitrogens with one attached hydrogen (secondary N) is 1. The van der Waals surface area contributed by atoms with Crippen LogP contribution in [0.3, 0.4) is 0 Å². The van der Waals surface area contributed by atoms with Gasteiger partial charge in [-0.3, -0.25) is 0 Å². The second-order valence-corrected chi connectivity index (χ2v) is 10.6. The largest absolute Gasteiger partial charge is 0.500 e. The van der Waals surface area contributed by atoms with Crippen LogP contribution in [0.5, 0.6) is 0 Å². The number of hydrogen-bond donors (Lipinski definition) is 3. The van der Waals surface area contributed by atoms with Crippen LogP contribution < -0.4 is 16.8 Å².